The minimum atomic E-state index is 0.101. The molecule has 0 heterocycles. The van der Waals surface area contributed by atoms with Gasteiger partial charge in [0.25, 0.3) is 0 Å². The Labute approximate surface area is 98.7 Å². The van der Waals surface area contributed by atoms with E-state index in [4.69, 9.17) is 11.6 Å². The summed E-state index contributed by atoms with van der Waals surface area (Å²) in [7, 11) is 0. The predicted molar refractivity (Wildman–Crippen MR) is 68.9 cm³/mol. The van der Waals surface area contributed by atoms with Crippen LogP contribution in [0.4, 0.5) is 0 Å². The van der Waals surface area contributed by atoms with Crippen LogP contribution < -0.4 is 0 Å². The van der Waals surface area contributed by atoms with Gasteiger partial charge in [0, 0.05) is 0 Å². The SMILES string of the molecule is CC(C)c1ccc(C(C)Cl)c(C(C)C)c1. The number of hydrogen-bond donors (Lipinski definition) is 0. The highest BCUT2D eigenvalue weighted by Crippen LogP contribution is 2.31. The molecule has 0 aliphatic rings. The van der Waals surface area contributed by atoms with Crippen molar-refractivity contribution in [2.45, 2.75) is 51.8 Å². The van der Waals surface area contributed by atoms with Gasteiger partial charge in [0.15, 0.2) is 0 Å². The fraction of sp³-hybridized carbons (Fsp3) is 0.571. The second-order valence-corrected chi connectivity index (χ2v) is 5.47. The lowest BCUT2D eigenvalue weighted by atomic mass is 9.90. The first-order chi connectivity index (χ1) is 6.93. The van der Waals surface area contributed by atoms with Gasteiger partial charge >= 0.3 is 0 Å². The molecule has 0 spiro atoms. The minimum Gasteiger partial charge on any atom is -0.118 e. The van der Waals surface area contributed by atoms with Gasteiger partial charge in [-0.1, -0.05) is 45.9 Å². The zero-order valence-electron chi connectivity index (χ0n) is 10.3. The van der Waals surface area contributed by atoms with Crippen molar-refractivity contribution in [2.75, 3.05) is 0 Å². The molecule has 0 aliphatic carbocycles. The summed E-state index contributed by atoms with van der Waals surface area (Å²) >= 11 is 6.18. The summed E-state index contributed by atoms with van der Waals surface area (Å²) in [5.41, 5.74) is 4.07. The molecule has 0 saturated heterocycles. The van der Waals surface area contributed by atoms with Gasteiger partial charge in [0.2, 0.25) is 0 Å². The van der Waals surface area contributed by atoms with Crippen LogP contribution in [0.2, 0.25) is 0 Å². The molecule has 0 nitrogen and oxygen atoms in total. The molecule has 1 unspecified atom stereocenters. The predicted octanol–water partition coefficient (Wildman–Crippen LogP) is 5.23. The highest BCUT2D eigenvalue weighted by molar-refractivity contribution is 6.20. The van der Waals surface area contributed by atoms with Crippen LogP contribution in [-0.2, 0) is 0 Å². The quantitative estimate of drug-likeness (QED) is 0.617. The first-order valence-corrected chi connectivity index (χ1v) is 6.15. The highest BCUT2D eigenvalue weighted by Gasteiger charge is 2.12. The lowest BCUT2D eigenvalue weighted by molar-refractivity contribution is 0.815. The molecule has 0 aliphatic heterocycles. The van der Waals surface area contributed by atoms with E-state index >= 15 is 0 Å². The van der Waals surface area contributed by atoms with Crippen molar-refractivity contribution >= 4 is 11.6 Å². The second kappa shape index (κ2) is 5.03. The van der Waals surface area contributed by atoms with Crippen molar-refractivity contribution in [3.8, 4) is 0 Å². The van der Waals surface area contributed by atoms with Crippen molar-refractivity contribution in [1.82, 2.24) is 0 Å². The summed E-state index contributed by atoms with van der Waals surface area (Å²) in [4.78, 5) is 0. The lowest BCUT2D eigenvalue weighted by Gasteiger charge is -2.17. The molecule has 1 heteroatoms. The largest absolute Gasteiger partial charge is 0.118 e. The van der Waals surface area contributed by atoms with Gasteiger partial charge in [0.1, 0.15) is 0 Å². The number of alkyl halides is 1. The van der Waals surface area contributed by atoms with E-state index in [1.807, 2.05) is 6.92 Å². The third kappa shape index (κ3) is 2.98. The monoisotopic (exact) mass is 224 g/mol. The maximum absolute atomic E-state index is 6.18. The van der Waals surface area contributed by atoms with Crippen molar-refractivity contribution in [2.24, 2.45) is 0 Å². The second-order valence-electron chi connectivity index (χ2n) is 4.81. The van der Waals surface area contributed by atoms with Crippen LogP contribution >= 0.6 is 11.6 Å². The molecule has 0 aromatic heterocycles. The van der Waals surface area contributed by atoms with Gasteiger partial charge in [-0.15, -0.1) is 11.6 Å². The van der Waals surface area contributed by atoms with E-state index in [1.54, 1.807) is 0 Å². The summed E-state index contributed by atoms with van der Waals surface area (Å²) in [6.07, 6.45) is 0. The Kier molecular flexibility index (Phi) is 4.21. The Morgan fingerprint density at radius 3 is 1.87 bits per heavy atom. The molecular weight excluding hydrogens is 204 g/mol. The van der Waals surface area contributed by atoms with E-state index < -0.39 is 0 Å². The zero-order valence-corrected chi connectivity index (χ0v) is 11.1. The topological polar surface area (TPSA) is 0 Å². The molecule has 1 aromatic carbocycles. The average Bonchev–Trinajstić information content (AvgIpc) is 2.16. The Bertz CT molecular complexity index is 324. The molecule has 0 N–H and O–H groups in total. The van der Waals surface area contributed by atoms with Crippen LogP contribution in [0.15, 0.2) is 18.2 Å². The highest BCUT2D eigenvalue weighted by atomic mass is 35.5. The normalized spacial score (nSPS) is 13.6. The van der Waals surface area contributed by atoms with Gasteiger partial charge in [-0.05, 0) is 35.4 Å². The Balaban J connectivity index is 3.21. The van der Waals surface area contributed by atoms with E-state index in [0.29, 0.717) is 11.8 Å². The Hall–Kier alpha value is -0.490. The zero-order chi connectivity index (χ0) is 11.6. The van der Waals surface area contributed by atoms with Crippen LogP contribution in [0.3, 0.4) is 0 Å². The number of rotatable bonds is 3. The van der Waals surface area contributed by atoms with E-state index in [-0.39, 0.29) is 5.38 Å². The van der Waals surface area contributed by atoms with Crippen molar-refractivity contribution in [1.29, 1.82) is 0 Å². The van der Waals surface area contributed by atoms with Crippen molar-refractivity contribution in [3.05, 3.63) is 34.9 Å². The molecule has 0 amide bonds. The third-order valence-corrected chi connectivity index (χ3v) is 3.06. The van der Waals surface area contributed by atoms with Gasteiger partial charge in [0.05, 0.1) is 5.38 Å². The number of benzene rings is 1. The summed E-state index contributed by atoms with van der Waals surface area (Å²) in [5, 5.41) is 0.101. The molecule has 84 valence electrons. The lowest BCUT2D eigenvalue weighted by Crippen LogP contribution is -1.99. The fourth-order valence-electron chi connectivity index (χ4n) is 1.81. The maximum Gasteiger partial charge on any atom is 0.0559 e. The smallest absolute Gasteiger partial charge is 0.0559 e. The number of hydrogen-bond acceptors (Lipinski definition) is 0. The third-order valence-electron chi connectivity index (χ3n) is 2.83. The van der Waals surface area contributed by atoms with Crippen molar-refractivity contribution < 1.29 is 0 Å². The molecular formula is C14H21Cl. The number of halogens is 1. The molecule has 1 aromatic rings. The molecule has 0 fully saturated rings. The summed E-state index contributed by atoms with van der Waals surface area (Å²) in [5.74, 6) is 1.13. The van der Waals surface area contributed by atoms with Gasteiger partial charge in [-0.25, -0.2) is 0 Å². The molecule has 0 radical (unpaired) electrons. The van der Waals surface area contributed by atoms with Crippen LogP contribution in [0.5, 0.6) is 0 Å². The Morgan fingerprint density at radius 1 is 0.867 bits per heavy atom. The minimum absolute atomic E-state index is 0.101. The summed E-state index contributed by atoms with van der Waals surface area (Å²) in [6, 6.07) is 6.69. The molecule has 0 bridgehead atoms. The van der Waals surface area contributed by atoms with Crippen LogP contribution in [0, 0.1) is 0 Å². The first-order valence-electron chi connectivity index (χ1n) is 5.71. The maximum atomic E-state index is 6.18. The van der Waals surface area contributed by atoms with Gasteiger partial charge < -0.3 is 0 Å². The van der Waals surface area contributed by atoms with Gasteiger partial charge in [-0.3, -0.25) is 0 Å². The molecule has 1 rings (SSSR count). The van der Waals surface area contributed by atoms with E-state index in [2.05, 4.69) is 45.9 Å². The van der Waals surface area contributed by atoms with Crippen molar-refractivity contribution in [3.63, 3.8) is 0 Å². The molecule has 1 atom stereocenters. The first kappa shape index (κ1) is 12.6. The van der Waals surface area contributed by atoms with Gasteiger partial charge in [-0.2, -0.15) is 0 Å². The Morgan fingerprint density at radius 2 is 1.47 bits per heavy atom. The van der Waals surface area contributed by atoms with Crippen LogP contribution in [0.1, 0.15) is 68.5 Å². The van der Waals surface area contributed by atoms with E-state index in [9.17, 15) is 0 Å². The summed E-state index contributed by atoms with van der Waals surface area (Å²) < 4.78 is 0. The molecule has 0 saturated carbocycles. The summed E-state index contributed by atoms with van der Waals surface area (Å²) in [6.45, 7) is 10.9. The standard InChI is InChI=1S/C14H21Cl/c1-9(2)12-6-7-13(11(5)15)14(8-12)10(3)4/h6-11H,1-5H3. The van der Waals surface area contributed by atoms with Crippen LogP contribution in [0.25, 0.3) is 0 Å². The average molecular weight is 225 g/mol. The van der Waals surface area contributed by atoms with E-state index in [1.165, 1.54) is 16.7 Å². The van der Waals surface area contributed by atoms with E-state index in [0.717, 1.165) is 0 Å². The fourth-order valence-corrected chi connectivity index (χ4v) is 2.01. The van der Waals surface area contributed by atoms with Crippen LogP contribution in [-0.4, -0.2) is 0 Å². The molecule has 15 heavy (non-hydrogen) atoms.